The number of benzene rings is 1. The van der Waals surface area contributed by atoms with Gasteiger partial charge in [-0.3, -0.25) is 9.59 Å². The molecular formula is C19H21N5O4S. The first-order valence-corrected chi connectivity index (χ1v) is 9.84. The SMILES string of the molecule is CC(C)Oc1ccc(C=NN=C2NC(=O)C(CC(=O)O)S2)cc1Cn1ccnc1. The van der Waals surface area contributed by atoms with Gasteiger partial charge in [-0.1, -0.05) is 11.8 Å². The summed E-state index contributed by atoms with van der Waals surface area (Å²) in [5, 5.41) is 19.0. The molecule has 1 amide bonds. The van der Waals surface area contributed by atoms with Gasteiger partial charge in [-0.25, -0.2) is 4.98 Å². The second-order valence-corrected chi connectivity index (χ2v) is 7.80. The molecule has 1 aromatic carbocycles. The van der Waals surface area contributed by atoms with Crippen molar-refractivity contribution in [2.75, 3.05) is 0 Å². The van der Waals surface area contributed by atoms with Gasteiger partial charge >= 0.3 is 5.97 Å². The first-order chi connectivity index (χ1) is 13.9. The molecule has 9 nitrogen and oxygen atoms in total. The second kappa shape index (κ2) is 9.37. The lowest BCUT2D eigenvalue weighted by atomic mass is 10.1. The third kappa shape index (κ3) is 5.92. The predicted octanol–water partition coefficient (Wildman–Crippen LogP) is 2.11. The normalized spacial score (nSPS) is 18.0. The molecule has 2 N–H and O–H groups in total. The van der Waals surface area contributed by atoms with E-state index in [1.54, 1.807) is 18.7 Å². The van der Waals surface area contributed by atoms with Crippen molar-refractivity contribution in [2.45, 2.75) is 38.2 Å². The number of hydrogen-bond acceptors (Lipinski definition) is 7. The molecule has 1 atom stereocenters. The Labute approximate surface area is 171 Å². The minimum atomic E-state index is -1.03. The highest BCUT2D eigenvalue weighted by atomic mass is 32.2. The Kier molecular flexibility index (Phi) is 6.65. The molecule has 152 valence electrons. The Morgan fingerprint density at radius 3 is 3.00 bits per heavy atom. The van der Waals surface area contributed by atoms with E-state index in [-0.39, 0.29) is 23.6 Å². The number of carbonyl (C=O) groups excluding carboxylic acids is 1. The van der Waals surface area contributed by atoms with E-state index in [0.29, 0.717) is 6.54 Å². The monoisotopic (exact) mass is 415 g/mol. The molecule has 10 heteroatoms. The van der Waals surface area contributed by atoms with Crippen molar-refractivity contribution in [3.05, 3.63) is 48.0 Å². The number of aliphatic carboxylic acids is 1. The lowest BCUT2D eigenvalue weighted by Crippen LogP contribution is -2.26. The van der Waals surface area contributed by atoms with Crippen molar-refractivity contribution in [3.8, 4) is 5.75 Å². The van der Waals surface area contributed by atoms with Crippen LogP contribution in [-0.4, -0.2) is 49.3 Å². The molecule has 2 heterocycles. The van der Waals surface area contributed by atoms with Gasteiger partial charge in [0.15, 0.2) is 5.17 Å². The molecule has 1 aliphatic rings. The second-order valence-electron chi connectivity index (χ2n) is 6.61. The van der Waals surface area contributed by atoms with Crippen molar-refractivity contribution in [2.24, 2.45) is 10.2 Å². The van der Waals surface area contributed by atoms with Crippen LogP contribution in [0.4, 0.5) is 0 Å². The van der Waals surface area contributed by atoms with Crippen LogP contribution in [-0.2, 0) is 16.1 Å². The summed E-state index contributed by atoms with van der Waals surface area (Å²) in [5.41, 5.74) is 1.79. The molecule has 0 aliphatic carbocycles. The molecule has 1 fully saturated rings. The summed E-state index contributed by atoms with van der Waals surface area (Å²) in [6, 6.07) is 5.71. The number of thioether (sulfide) groups is 1. The summed E-state index contributed by atoms with van der Waals surface area (Å²) in [7, 11) is 0. The molecule has 0 bridgehead atoms. The Balaban J connectivity index is 1.73. The summed E-state index contributed by atoms with van der Waals surface area (Å²) >= 11 is 1.06. The van der Waals surface area contributed by atoms with Crippen molar-refractivity contribution in [1.82, 2.24) is 14.9 Å². The largest absolute Gasteiger partial charge is 0.491 e. The lowest BCUT2D eigenvalue weighted by molar-refractivity contribution is -0.138. The maximum atomic E-state index is 11.7. The zero-order chi connectivity index (χ0) is 20.8. The number of hydrogen-bond donors (Lipinski definition) is 2. The maximum Gasteiger partial charge on any atom is 0.305 e. The van der Waals surface area contributed by atoms with Gasteiger partial charge in [-0.15, -0.1) is 5.10 Å². The Morgan fingerprint density at radius 1 is 1.48 bits per heavy atom. The number of ether oxygens (including phenoxy) is 1. The average Bonchev–Trinajstić information content (AvgIpc) is 3.26. The number of aromatic nitrogens is 2. The van der Waals surface area contributed by atoms with Crippen LogP contribution in [0.3, 0.4) is 0 Å². The smallest absolute Gasteiger partial charge is 0.305 e. The molecular weight excluding hydrogens is 394 g/mol. The summed E-state index contributed by atoms with van der Waals surface area (Å²) in [4.78, 5) is 26.6. The number of carboxylic acid groups (broad SMARTS) is 1. The number of amides is 1. The van der Waals surface area contributed by atoms with Crippen molar-refractivity contribution < 1.29 is 19.4 Å². The molecule has 1 aliphatic heterocycles. The number of nitrogens with one attached hydrogen (secondary N) is 1. The van der Waals surface area contributed by atoms with Crippen LogP contribution in [0.1, 0.15) is 31.4 Å². The Morgan fingerprint density at radius 2 is 2.31 bits per heavy atom. The van der Waals surface area contributed by atoms with Crippen LogP contribution in [0.25, 0.3) is 0 Å². The van der Waals surface area contributed by atoms with Gasteiger partial charge in [0.2, 0.25) is 5.91 Å². The first kappa shape index (κ1) is 20.6. The molecule has 29 heavy (non-hydrogen) atoms. The number of amidine groups is 1. The highest BCUT2D eigenvalue weighted by Gasteiger charge is 2.32. The molecule has 0 radical (unpaired) electrons. The quantitative estimate of drug-likeness (QED) is 0.504. The number of imidazole rings is 1. The van der Waals surface area contributed by atoms with Crippen LogP contribution < -0.4 is 10.1 Å². The third-order valence-electron chi connectivity index (χ3n) is 3.85. The summed E-state index contributed by atoms with van der Waals surface area (Å²) in [6.45, 7) is 4.54. The van der Waals surface area contributed by atoms with E-state index >= 15 is 0 Å². The minimum absolute atomic E-state index is 0.0456. The highest BCUT2D eigenvalue weighted by Crippen LogP contribution is 2.23. The molecule has 0 spiro atoms. The van der Waals surface area contributed by atoms with Crippen molar-refractivity contribution in [3.63, 3.8) is 0 Å². The maximum absolute atomic E-state index is 11.7. The van der Waals surface area contributed by atoms with E-state index in [1.807, 2.05) is 42.8 Å². The number of carbonyl (C=O) groups is 2. The summed E-state index contributed by atoms with van der Waals surface area (Å²) in [6.07, 6.45) is 6.69. The van der Waals surface area contributed by atoms with Gasteiger partial charge in [0.1, 0.15) is 11.0 Å². The number of nitrogens with zero attached hydrogens (tertiary/aromatic N) is 4. The highest BCUT2D eigenvalue weighted by molar-refractivity contribution is 8.15. The van der Waals surface area contributed by atoms with E-state index in [4.69, 9.17) is 9.84 Å². The van der Waals surface area contributed by atoms with E-state index in [2.05, 4.69) is 20.5 Å². The molecule has 3 rings (SSSR count). The van der Waals surface area contributed by atoms with Crippen LogP contribution in [0.15, 0.2) is 47.1 Å². The van der Waals surface area contributed by atoms with E-state index in [9.17, 15) is 9.59 Å². The van der Waals surface area contributed by atoms with Crippen molar-refractivity contribution in [1.29, 1.82) is 0 Å². The Hall–Kier alpha value is -3.14. The lowest BCUT2D eigenvalue weighted by Gasteiger charge is -2.15. The van der Waals surface area contributed by atoms with Gasteiger partial charge < -0.3 is 19.7 Å². The summed E-state index contributed by atoms with van der Waals surface area (Å²) < 4.78 is 7.83. The van der Waals surface area contributed by atoms with Gasteiger partial charge in [0.25, 0.3) is 0 Å². The third-order valence-corrected chi connectivity index (χ3v) is 4.92. The molecule has 2 aromatic rings. The van der Waals surface area contributed by atoms with Crippen LogP contribution >= 0.6 is 11.8 Å². The zero-order valence-electron chi connectivity index (χ0n) is 16.0. The van der Waals surface area contributed by atoms with E-state index < -0.39 is 11.2 Å². The van der Waals surface area contributed by atoms with Crippen molar-refractivity contribution >= 4 is 35.0 Å². The fourth-order valence-electron chi connectivity index (χ4n) is 2.64. The molecule has 1 saturated heterocycles. The molecule has 1 aromatic heterocycles. The fourth-order valence-corrected chi connectivity index (χ4v) is 3.56. The summed E-state index contributed by atoms with van der Waals surface area (Å²) in [5.74, 6) is -0.618. The predicted molar refractivity (Wildman–Crippen MR) is 110 cm³/mol. The average molecular weight is 415 g/mol. The zero-order valence-corrected chi connectivity index (χ0v) is 16.8. The van der Waals surface area contributed by atoms with Crippen LogP contribution in [0, 0.1) is 0 Å². The van der Waals surface area contributed by atoms with Crippen LogP contribution in [0.5, 0.6) is 5.75 Å². The standard InChI is InChI=1S/C19H21N5O4S/c1-12(2)28-15-4-3-13(7-14(15)10-24-6-5-20-11-24)9-21-23-19-22-18(27)16(29-19)8-17(25)26/h3-7,9,11-12,16H,8,10H2,1-2H3,(H,25,26)(H,22,23,27). The first-order valence-electron chi connectivity index (χ1n) is 8.96. The van der Waals surface area contributed by atoms with E-state index in [0.717, 1.165) is 28.6 Å². The topological polar surface area (TPSA) is 118 Å². The van der Waals surface area contributed by atoms with Crippen LogP contribution in [0.2, 0.25) is 0 Å². The molecule has 0 saturated carbocycles. The van der Waals surface area contributed by atoms with Gasteiger partial charge in [0, 0.05) is 18.0 Å². The van der Waals surface area contributed by atoms with E-state index in [1.165, 1.54) is 0 Å². The van der Waals surface area contributed by atoms with Gasteiger partial charge in [-0.2, -0.15) is 5.10 Å². The Bertz CT molecular complexity index is 940. The molecule has 1 unspecified atom stereocenters. The fraction of sp³-hybridized carbons (Fsp3) is 0.316. The number of rotatable bonds is 8. The minimum Gasteiger partial charge on any atom is -0.491 e. The van der Waals surface area contributed by atoms with Gasteiger partial charge in [-0.05, 0) is 37.6 Å². The van der Waals surface area contributed by atoms with Gasteiger partial charge in [0.05, 0.1) is 31.6 Å². The number of carboxylic acids is 1.